The van der Waals surface area contributed by atoms with Gasteiger partial charge in [-0.3, -0.25) is 9.69 Å². The first-order chi connectivity index (χ1) is 16.8. The standard InChI is InChI=1S/C25H23F3N2O5/c26-25(27,28)19-3-1-2-18(14-19)21-8-9-22(35-21)24(32)34-16-23(31)29-20-6-4-17(5-7-20)15-30-10-12-33-13-11-30/h1-9,14H,10-13,15-16H2,(H,29,31). The van der Waals surface area contributed by atoms with Gasteiger partial charge in [-0.15, -0.1) is 0 Å². The maximum absolute atomic E-state index is 12.9. The van der Waals surface area contributed by atoms with E-state index in [2.05, 4.69) is 10.2 Å². The molecule has 184 valence electrons. The van der Waals surface area contributed by atoms with E-state index in [4.69, 9.17) is 13.9 Å². The molecular formula is C25H23F3N2O5. The van der Waals surface area contributed by atoms with Crippen molar-refractivity contribution >= 4 is 17.6 Å². The van der Waals surface area contributed by atoms with Gasteiger partial charge in [0, 0.05) is 30.9 Å². The molecule has 2 heterocycles. The fourth-order valence-electron chi connectivity index (χ4n) is 3.56. The molecule has 1 aromatic heterocycles. The first-order valence-electron chi connectivity index (χ1n) is 10.9. The third kappa shape index (κ3) is 6.71. The van der Waals surface area contributed by atoms with Gasteiger partial charge in [-0.1, -0.05) is 24.3 Å². The lowest BCUT2D eigenvalue weighted by Crippen LogP contribution is -2.35. The molecule has 0 atom stereocenters. The first-order valence-corrected chi connectivity index (χ1v) is 10.9. The summed E-state index contributed by atoms with van der Waals surface area (Å²) in [5.41, 5.74) is 0.988. The first kappa shape index (κ1) is 24.5. The number of anilines is 1. The van der Waals surface area contributed by atoms with Gasteiger partial charge in [-0.2, -0.15) is 13.2 Å². The maximum Gasteiger partial charge on any atom is 0.416 e. The third-order valence-electron chi connectivity index (χ3n) is 5.36. The summed E-state index contributed by atoms with van der Waals surface area (Å²) in [4.78, 5) is 26.7. The SMILES string of the molecule is O=C(COC(=O)c1ccc(-c2cccc(C(F)(F)F)c2)o1)Nc1ccc(CN2CCOCC2)cc1. The smallest absolute Gasteiger partial charge is 0.416 e. The Balaban J connectivity index is 1.27. The molecule has 7 nitrogen and oxygen atoms in total. The lowest BCUT2D eigenvalue weighted by atomic mass is 10.1. The van der Waals surface area contributed by atoms with E-state index in [1.165, 1.54) is 24.3 Å². The molecule has 3 aromatic rings. The van der Waals surface area contributed by atoms with Gasteiger partial charge in [0.25, 0.3) is 5.91 Å². The number of nitrogens with one attached hydrogen (secondary N) is 1. The normalized spacial score (nSPS) is 14.5. The van der Waals surface area contributed by atoms with Crippen LogP contribution in [0.1, 0.15) is 21.7 Å². The number of morpholine rings is 1. The van der Waals surface area contributed by atoms with Crippen molar-refractivity contribution in [3.05, 3.63) is 77.6 Å². The Kier molecular flexibility index (Phi) is 7.52. The summed E-state index contributed by atoms with van der Waals surface area (Å²) >= 11 is 0. The van der Waals surface area contributed by atoms with E-state index in [1.54, 1.807) is 12.1 Å². The highest BCUT2D eigenvalue weighted by molar-refractivity contribution is 5.94. The van der Waals surface area contributed by atoms with Crippen molar-refractivity contribution in [3.63, 3.8) is 0 Å². The van der Waals surface area contributed by atoms with Crippen LogP contribution in [0.2, 0.25) is 0 Å². The van der Waals surface area contributed by atoms with Crippen molar-refractivity contribution in [2.45, 2.75) is 12.7 Å². The fraction of sp³-hybridized carbons (Fsp3) is 0.280. The van der Waals surface area contributed by atoms with Crippen LogP contribution in [0.5, 0.6) is 0 Å². The predicted molar refractivity (Wildman–Crippen MR) is 121 cm³/mol. The van der Waals surface area contributed by atoms with E-state index in [0.717, 1.165) is 50.5 Å². The van der Waals surface area contributed by atoms with Gasteiger partial charge in [0.15, 0.2) is 6.61 Å². The molecule has 10 heteroatoms. The number of halogens is 3. The number of carbonyl (C=O) groups is 2. The van der Waals surface area contributed by atoms with Crippen LogP contribution in [0.25, 0.3) is 11.3 Å². The van der Waals surface area contributed by atoms with Gasteiger partial charge in [0.2, 0.25) is 5.76 Å². The summed E-state index contributed by atoms with van der Waals surface area (Å²) in [5, 5.41) is 2.64. The highest BCUT2D eigenvalue weighted by Gasteiger charge is 2.30. The largest absolute Gasteiger partial charge is 0.450 e. The monoisotopic (exact) mass is 488 g/mol. The average molecular weight is 488 g/mol. The topological polar surface area (TPSA) is 81.0 Å². The van der Waals surface area contributed by atoms with Crippen LogP contribution in [0.3, 0.4) is 0 Å². The van der Waals surface area contributed by atoms with E-state index in [0.29, 0.717) is 5.69 Å². The molecule has 2 aromatic carbocycles. The van der Waals surface area contributed by atoms with Gasteiger partial charge in [-0.25, -0.2) is 4.79 Å². The molecular weight excluding hydrogens is 465 g/mol. The Morgan fingerprint density at radius 1 is 1.00 bits per heavy atom. The van der Waals surface area contributed by atoms with Crippen molar-refractivity contribution in [2.24, 2.45) is 0 Å². The minimum absolute atomic E-state index is 0.0738. The number of furan rings is 1. The molecule has 0 radical (unpaired) electrons. The van der Waals surface area contributed by atoms with Gasteiger partial charge in [0.05, 0.1) is 18.8 Å². The van der Waals surface area contributed by atoms with Crippen molar-refractivity contribution in [3.8, 4) is 11.3 Å². The van der Waals surface area contributed by atoms with E-state index < -0.39 is 30.2 Å². The average Bonchev–Trinajstić information content (AvgIpc) is 3.35. The van der Waals surface area contributed by atoms with Crippen LogP contribution in [-0.4, -0.2) is 49.7 Å². The zero-order valence-corrected chi connectivity index (χ0v) is 18.6. The van der Waals surface area contributed by atoms with Crippen molar-refractivity contribution < 1.29 is 36.7 Å². The zero-order valence-electron chi connectivity index (χ0n) is 18.6. The highest BCUT2D eigenvalue weighted by Crippen LogP contribution is 2.32. The van der Waals surface area contributed by atoms with Crippen molar-refractivity contribution in [1.29, 1.82) is 0 Å². The number of esters is 1. The van der Waals surface area contributed by atoms with Gasteiger partial charge in [-0.05, 0) is 42.0 Å². The minimum atomic E-state index is -4.50. The Hall–Kier alpha value is -3.63. The lowest BCUT2D eigenvalue weighted by molar-refractivity contribution is -0.137. The molecule has 35 heavy (non-hydrogen) atoms. The Labute approximate surface area is 199 Å². The van der Waals surface area contributed by atoms with Crippen LogP contribution < -0.4 is 5.32 Å². The maximum atomic E-state index is 12.9. The van der Waals surface area contributed by atoms with E-state index in [1.807, 2.05) is 12.1 Å². The number of ether oxygens (including phenoxy) is 2. The van der Waals surface area contributed by atoms with Gasteiger partial charge >= 0.3 is 12.1 Å². The zero-order chi connectivity index (χ0) is 24.8. The molecule has 1 aliphatic heterocycles. The van der Waals surface area contributed by atoms with Crippen LogP contribution in [0.4, 0.5) is 18.9 Å². The molecule has 1 fully saturated rings. The number of carbonyl (C=O) groups excluding carboxylic acids is 2. The summed E-state index contributed by atoms with van der Waals surface area (Å²) in [5.74, 6) is -1.59. The highest BCUT2D eigenvalue weighted by atomic mass is 19.4. The van der Waals surface area contributed by atoms with Gasteiger partial charge < -0.3 is 19.2 Å². The van der Waals surface area contributed by atoms with Crippen LogP contribution in [-0.2, 0) is 27.0 Å². The second-order valence-corrected chi connectivity index (χ2v) is 7.95. The quantitative estimate of drug-likeness (QED) is 0.490. The van der Waals surface area contributed by atoms with Crippen LogP contribution in [0, 0.1) is 0 Å². The Bertz CT molecular complexity index is 1170. The van der Waals surface area contributed by atoms with E-state index in [9.17, 15) is 22.8 Å². The van der Waals surface area contributed by atoms with Crippen molar-refractivity contribution in [2.75, 3.05) is 38.2 Å². The van der Waals surface area contributed by atoms with Crippen LogP contribution >= 0.6 is 0 Å². The van der Waals surface area contributed by atoms with Crippen molar-refractivity contribution in [1.82, 2.24) is 4.90 Å². The second-order valence-electron chi connectivity index (χ2n) is 7.95. The fourth-order valence-corrected chi connectivity index (χ4v) is 3.56. The second kappa shape index (κ2) is 10.7. The lowest BCUT2D eigenvalue weighted by Gasteiger charge is -2.26. The molecule has 1 N–H and O–H groups in total. The predicted octanol–water partition coefficient (Wildman–Crippen LogP) is 4.59. The summed E-state index contributed by atoms with van der Waals surface area (Å²) < 4.78 is 54.4. The molecule has 0 saturated carbocycles. The molecule has 0 bridgehead atoms. The number of amides is 1. The molecule has 0 aliphatic carbocycles. The summed E-state index contributed by atoms with van der Waals surface area (Å²) in [6, 6.07) is 14.6. The van der Waals surface area contributed by atoms with E-state index >= 15 is 0 Å². The molecule has 1 amide bonds. The molecule has 1 aliphatic rings. The molecule has 1 saturated heterocycles. The van der Waals surface area contributed by atoms with Crippen LogP contribution in [0.15, 0.2) is 65.1 Å². The Morgan fingerprint density at radius 2 is 1.74 bits per heavy atom. The summed E-state index contributed by atoms with van der Waals surface area (Å²) in [6.45, 7) is 3.44. The molecule has 0 spiro atoms. The number of benzene rings is 2. The minimum Gasteiger partial charge on any atom is -0.450 e. The Morgan fingerprint density at radius 3 is 2.46 bits per heavy atom. The number of hydrogen-bond acceptors (Lipinski definition) is 6. The molecule has 0 unspecified atom stereocenters. The van der Waals surface area contributed by atoms with E-state index in [-0.39, 0.29) is 17.1 Å². The van der Waals surface area contributed by atoms with Gasteiger partial charge in [0.1, 0.15) is 5.76 Å². The number of rotatable bonds is 7. The number of alkyl halides is 3. The third-order valence-corrected chi connectivity index (χ3v) is 5.36. The molecule has 4 rings (SSSR count). The summed E-state index contributed by atoms with van der Waals surface area (Å²) in [7, 11) is 0. The number of nitrogens with zero attached hydrogens (tertiary/aromatic N) is 1. The summed E-state index contributed by atoms with van der Waals surface area (Å²) in [6.07, 6.45) is -4.50. The number of hydrogen-bond donors (Lipinski definition) is 1.